The molecule has 1 amide bonds. The monoisotopic (exact) mass is 246 g/mol. The van der Waals surface area contributed by atoms with Crippen LogP contribution in [-0.4, -0.2) is 46.8 Å². The summed E-state index contributed by atoms with van der Waals surface area (Å²) in [5.74, 6) is 0.0539. The predicted molar refractivity (Wildman–Crippen MR) is 63.4 cm³/mol. The molecule has 7 nitrogen and oxygen atoms in total. The van der Waals surface area contributed by atoms with Crippen molar-refractivity contribution in [3.05, 3.63) is 23.9 Å². The number of ether oxygens (including phenoxy) is 1. The molecule has 0 saturated carbocycles. The van der Waals surface area contributed by atoms with E-state index >= 15 is 0 Å². The number of fused-ring (bicyclic) bond motifs is 1. The highest BCUT2D eigenvalue weighted by molar-refractivity contribution is 5.98. The molecule has 1 aliphatic heterocycles. The van der Waals surface area contributed by atoms with Crippen molar-refractivity contribution in [1.82, 2.24) is 14.6 Å². The first-order valence-corrected chi connectivity index (χ1v) is 5.64. The largest absolute Gasteiger partial charge is 0.378 e. The summed E-state index contributed by atoms with van der Waals surface area (Å²) in [6.45, 7) is 2.80. The number of morpholine rings is 1. The maximum atomic E-state index is 11.3. The Labute approximate surface area is 103 Å². The molecule has 2 aromatic heterocycles. The van der Waals surface area contributed by atoms with E-state index in [0.29, 0.717) is 30.4 Å². The zero-order valence-electron chi connectivity index (χ0n) is 9.67. The molecule has 2 N–H and O–H groups in total. The van der Waals surface area contributed by atoms with Gasteiger partial charge in [-0.3, -0.25) is 4.79 Å². The van der Waals surface area contributed by atoms with Crippen molar-refractivity contribution >= 4 is 17.5 Å². The lowest BCUT2D eigenvalue weighted by molar-refractivity contribution is 0.100. The Hall–Kier alpha value is -2.15. The number of pyridine rings is 1. The van der Waals surface area contributed by atoms with Gasteiger partial charge in [-0.1, -0.05) is 0 Å². The van der Waals surface area contributed by atoms with Crippen LogP contribution in [0.15, 0.2) is 12.3 Å². The zero-order valence-corrected chi connectivity index (χ0v) is 9.67. The number of anilines is 1. The van der Waals surface area contributed by atoms with E-state index in [9.17, 15) is 4.79 Å². The number of nitrogens with two attached hydrogens (primary N) is 1. The van der Waals surface area contributed by atoms with Crippen LogP contribution in [0, 0.1) is 6.07 Å². The summed E-state index contributed by atoms with van der Waals surface area (Å²) in [6.07, 6.45) is 1.62. The number of hydrogen-bond donors (Lipinski definition) is 1. The fourth-order valence-electron chi connectivity index (χ4n) is 1.92. The molecule has 0 bridgehead atoms. The summed E-state index contributed by atoms with van der Waals surface area (Å²) < 4.78 is 6.79. The number of aromatic nitrogens is 3. The van der Waals surface area contributed by atoms with Crippen molar-refractivity contribution in [2.24, 2.45) is 5.73 Å². The number of rotatable bonds is 2. The molecule has 0 unspecified atom stereocenters. The van der Waals surface area contributed by atoms with Gasteiger partial charge in [-0.2, -0.15) is 4.98 Å². The smallest absolute Gasteiger partial charge is 0.252 e. The van der Waals surface area contributed by atoms with Gasteiger partial charge in [-0.25, -0.2) is 4.52 Å². The molecule has 0 aliphatic carbocycles. The number of nitrogens with zero attached hydrogens (tertiary/aromatic N) is 4. The summed E-state index contributed by atoms with van der Waals surface area (Å²) in [6, 6.07) is 4.34. The SMILES string of the molecule is NC(=O)c1c[c]cn2nc(N3CCOCC3)nc12. The average molecular weight is 246 g/mol. The molecule has 1 aliphatic rings. The molecule has 1 saturated heterocycles. The standard InChI is InChI=1S/C11H12N5O2/c12-9(17)8-2-1-3-16-10(8)13-11(14-16)15-4-6-18-7-5-15/h2-3H,4-7H2,(H2,12,17). The first-order chi connectivity index (χ1) is 8.75. The van der Waals surface area contributed by atoms with Crippen LogP contribution in [0.2, 0.25) is 0 Å². The van der Waals surface area contributed by atoms with Gasteiger partial charge in [-0.15, -0.1) is 5.10 Å². The molecule has 1 fully saturated rings. The Morgan fingerprint density at radius 2 is 2.22 bits per heavy atom. The van der Waals surface area contributed by atoms with Crippen LogP contribution < -0.4 is 10.6 Å². The minimum atomic E-state index is -0.530. The van der Waals surface area contributed by atoms with Crippen LogP contribution in [-0.2, 0) is 4.74 Å². The summed E-state index contributed by atoms with van der Waals surface area (Å²) in [7, 11) is 0. The third-order valence-electron chi connectivity index (χ3n) is 2.84. The Bertz CT molecular complexity index is 588. The number of primary amides is 1. The third kappa shape index (κ3) is 1.78. The molecule has 0 aromatic carbocycles. The van der Waals surface area contributed by atoms with Crippen LogP contribution in [0.5, 0.6) is 0 Å². The van der Waals surface area contributed by atoms with Gasteiger partial charge < -0.3 is 15.4 Å². The van der Waals surface area contributed by atoms with E-state index in [0.717, 1.165) is 13.1 Å². The molecule has 2 aromatic rings. The van der Waals surface area contributed by atoms with E-state index in [1.54, 1.807) is 6.20 Å². The number of hydrogen-bond acceptors (Lipinski definition) is 5. The molecule has 3 heterocycles. The fourth-order valence-corrected chi connectivity index (χ4v) is 1.92. The van der Waals surface area contributed by atoms with Crippen LogP contribution in [0.3, 0.4) is 0 Å². The number of carbonyl (C=O) groups is 1. The number of carbonyl (C=O) groups excluding carboxylic acids is 1. The van der Waals surface area contributed by atoms with Crippen molar-refractivity contribution in [3.8, 4) is 0 Å². The third-order valence-corrected chi connectivity index (χ3v) is 2.84. The van der Waals surface area contributed by atoms with E-state index in [1.807, 2.05) is 4.90 Å². The van der Waals surface area contributed by atoms with Gasteiger partial charge in [0.1, 0.15) is 0 Å². The Morgan fingerprint density at radius 3 is 2.94 bits per heavy atom. The molecule has 3 rings (SSSR count). The van der Waals surface area contributed by atoms with Crippen LogP contribution in [0.25, 0.3) is 5.65 Å². The summed E-state index contributed by atoms with van der Waals surface area (Å²) in [5, 5.41) is 4.32. The molecule has 1 radical (unpaired) electrons. The van der Waals surface area contributed by atoms with E-state index in [-0.39, 0.29) is 0 Å². The lowest BCUT2D eigenvalue weighted by atomic mass is 10.2. The molecule has 0 spiro atoms. The molecular formula is C11H12N5O2. The van der Waals surface area contributed by atoms with Gasteiger partial charge in [0.05, 0.1) is 18.8 Å². The van der Waals surface area contributed by atoms with E-state index in [2.05, 4.69) is 16.1 Å². The Balaban J connectivity index is 2.04. The minimum absolute atomic E-state index is 0.324. The predicted octanol–water partition coefficient (Wildman–Crippen LogP) is -0.535. The van der Waals surface area contributed by atoms with Gasteiger partial charge in [-0.05, 0) is 6.07 Å². The molecule has 0 atom stereocenters. The second kappa shape index (κ2) is 4.26. The quantitative estimate of drug-likeness (QED) is 0.769. The van der Waals surface area contributed by atoms with Crippen LogP contribution in [0.4, 0.5) is 5.95 Å². The van der Waals surface area contributed by atoms with Gasteiger partial charge in [0.2, 0.25) is 5.95 Å². The first-order valence-electron chi connectivity index (χ1n) is 5.64. The molecule has 93 valence electrons. The van der Waals surface area contributed by atoms with Gasteiger partial charge in [0, 0.05) is 25.4 Å². The van der Waals surface area contributed by atoms with Crippen molar-refractivity contribution < 1.29 is 9.53 Å². The van der Waals surface area contributed by atoms with Gasteiger partial charge in [0.25, 0.3) is 5.91 Å². The summed E-state index contributed by atoms with van der Waals surface area (Å²) in [4.78, 5) is 17.7. The van der Waals surface area contributed by atoms with Crippen molar-refractivity contribution in [1.29, 1.82) is 0 Å². The minimum Gasteiger partial charge on any atom is -0.378 e. The lowest BCUT2D eigenvalue weighted by Gasteiger charge is -2.25. The topological polar surface area (TPSA) is 85.8 Å². The Kier molecular flexibility index (Phi) is 2.60. The average Bonchev–Trinajstić information content (AvgIpc) is 2.83. The van der Waals surface area contributed by atoms with Crippen molar-refractivity contribution in [2.45, 2.75) is 0 Å². The molecular weight excluding hydrogens is 234 g/mol. The highest BCUT2D eigenvalue weighted by atomic mass is 16.5. The second-order valence-corrected chi connectivity index (χ2v) is 4.00. The summed E-state index contributed by atoms with van der Waals surface area (Å²) >= 11 is 0. The van der Waals surface area contributed by atoms with Crippen molar-refractivity contribution in [2.75, 3.05) is 31.2 Å². The highest BCUT2D eigenvalue weighted by Crippen LogP contribution is 2.14. The van der Waals surface area contributed by atoms with Crippen LogP contribution in [0.1, 0.15) is 10.4 Å². The Morgan fingerprint density at radius 1 is 1.44 bits per heavy atom. The van der Waals surface area contributed by atoms with Gasteiger partial charge >= 0.3 is 0 Å². The van der Waals surface area contributed by atoms with E-state index in [4.69, 9.17) is 10.5 Å². The normalized spacial score (nSPS) is 16.1. The summed E-state index contributed by atoms with van der Waals surface area (Å²) in [5.41, 5.74) is 6.08. The maximum Gasteiger partial charge on any atom is 0.252 e. The van der Waals surface area contributed by atoms with Gasteiger partial charge in [0.15, 0.2) is 5.65 Å². The number of amides is 1. The maximum absolute atomic E-state index is 11.3. The highest BCUT2D eigenvalue weighted by Gasteiger charge is 2.18. The first kappa shape index (κ1) is 11.0. The van der Waals surface area contributed by atoms with Crippen LogP contribution >= 0.6 is 0 Å². The van der Waals surface area contributed by atoms with Crippen molar-refractivity contribution in [3.63, 3.8) is 0 Å². The van der Waals surface area contributed by atoms with E-state index < -0.39 is 5.91 Å². The molecule has 18 heavy (non-hydrogen) atoms. The second-order valence-electron chi connectivity index (χ2n) is 4.00. The zero-order chi connectivity index (χ0) is 12.5. The molecule has 7 heteroatoms. The fraction of sp³-hybridized carbons (Fsp3) is 0.364. The van der Waals surface area contributed by atoms with E-state index in [1.165, 1.54) is 10.6 Å². The lowest BCUT2D eigenvalue weighted by Crippen LogP contribution is -2.36.